The van der Waals surface area contributed by atoms with E-state index in [0.717, 1.165) is 19.4 Å². The molecule has 1 aromatic rings. The minimum Gasteiger partial charge on any atom is -0.388 e. The average Bonchev–Trinajstić information content (AvgIpc) is 2.24. The molecule has 0 saturated carbocycles. The monoisotopic (exact) mass is 206 g/mol. The SMILES string of the molecule is N=C(N)CCOCCCc1ccccc1. The summed E-state index contributed by atoms with van der Waals surface area (Å²) in [6.07, 6.45) is 2.59. The van der Waals surface area contributed by atoms with E-state index in [1.165, 1.54) is 5.56 Å². The molecule has 0 aliphatic rings. The van der Waals surface area contributed by atoms with Crippen molar-refractivity contribution in [3.05, 3.63) is 35.9 Å². The fraction of sp³-hybridized carbons (Fsp3) is 0.417. The zero-order valence-electron chi connectivity index (χ0n) is 8.91. The summed E-state index contributed by atoms with van der Waals surface area (Å²) in [5, 5.41) is 7.01. The van der Waals surface area contributed by atoms with Crippen molar-refractivity contribution in [3.63, 3.8) is 0 Å². The summed E-state index contributed by atoms with van der Waals surface area (Å²) in [6, 6.07) is 10.4. The summed E-state index contributed by atoms with van der Waals surface area (Å²) in [4.78, 5) is 0. The lowest BCUT2D eigenvalue weighted by atomic mass is 10.1. The van der Waals surface area contributed by atoms with Crippen molar-refractivity contribution in [2.24, 2.45) is 5.73 Å². The van der Waals surface area contributed by atoms with Gasteiger partial charge in [-0.1, -0.05) is 30.3 Å². The first kappa shape index (κ1) is 11.7. The Kier molecular flexibility index (Phi) is 5.48. The number of amidine groups is 1. The molecule has 0 aliphatic heterocycles. The Labute approximate surface area is 90.8 Å². The number of hydrogen-bond donors (Lipinski definition) is 2. The van der Waals surface area contributed by atoms with Crippen LogP contribution in [0.2, 0.25) is 0 Å². The molecule has 1 aromatic carbocycles. The van der Waals surface area contributed by atoms with E-state index in [4.69, 9.17) is 15.9 Å². The highest BCUT2D eigenvalue weighted by molar-refractivity contribution is 5.76. The van der Waals surface area contributed by atoms with E-state index in [0.29, 0.717) is 13.0 Å². The molecule has 0 heterocycles. The lowest BCUT2D eigenvalue weighted by molar-refractivity contribution is 0.138. The molecule has 0 unspecified atom stereocenters. The van der Waals surface area contributed by atoms with E-state index in [1.54, 1.807) is 0 Å². The summed E-state index contributed by atoms with van der Waals surface area (Å²) >= 11 is 0. The summed E-state index contributed by atoms with van der Waals surface area (Å²) in [5.41, 5.74) is 6.54. The van der Waals surface area contributed by atoms with Gasteiger partial charge in [-0.2, -0.15) is 0 Å². The van der Waals surface area contributed by atoms with Crippen molar-refractivity contribution in [1.29, 1.82) is 5.41 Å². The van der Waals surface area contributed by atoms with Gasteiger partial charge in [-0.3, -0.25) is 5.41 Å². The maximum atomic E-state index is 7.01. The molecule has 3 heteroatoms. The Hall–Kier alpha value is -1.35. The van der Waals surface area contributed by atoms with Gasteiger partial charge in [0, 0.05) is 13.0 Å². The van der Waals surface area contributed by atoms with E-state index >= 15 is 0 Å². The largest absolute Gasteiger partial charge is 0.388 e. The molecule has 1 rings (SSSR count). The molecule has 0 spiro atoms. The Morgan fingerprint density at radius 3 is 2.60 bits per heavy atom. The van der Waals surface area contributed by atoms with Gasteiger partial charge >= 0.3 is 0 Å². The fourth-order valence-corrected chi connectivity index (χ4v) is 1.31. The molecule has 3 N–H and O–H groups in total. The van der Waals surface area contributed by atoms with Gasteiger partial charge in [0.1, 0.15) is 0 Å². The fourth-order valence-electron chi connectivity index (χ4n) is 1.31. The van der Waals surface area contributed by atoms with Crippen LogP contribution >= 0.6 is 0 Å². The molecule has 0 atom stereocenters. The maximum Gasteiger partial charge on any atom is 0.0928 e. The lowest BCUT2D eigenvalue weighted by Gasteiger charge is -2.03. The highest BCUT2D eigenvalue weighted by Crippen LogP contribution is 2.02. The molecule has 0 saturated heterocycles. The Morgan fingerprint density at radius 1 is 1.20 bits per heavy atom. The van der Waals surface area contributed by atoms with Gasteiger partial charge in [-0.05, 0) is 18.4 Å². The molecule has 0 fully saturated rings. The van der Waals surface area contributed by atoms with Crippen LogP contribution in [0.3, 0.4) is 0 Å². The minimum absolute atomic E-state index is 0.193. The van der Waals surface area contributed by atoms with Crippen LogP contribution in [0.15, 0.2) is 30.3 Å². The van der Waals surface area contributed by atoms with Crippen LogP contribution in [0.1, 0.15) is 18.4 Å². The zero-order chi connectivity index (χ0) is 10.9. The predicted octanol–water partition coefficient (Wildman–Crippen LogP) is 1.96. The first-order valence-electron chi connectivity index (χ1n) is 5.23. The second-order valence-corrected chi connectivity index (χ2v) is 3.48. The van der Waals surface area contributed by atoms with Crippen LogP contribution in [-0.4, -0.2) is 19.0 Å². The van der Waals surface area contributed by atoms with Crippen molar-refractivity contribution in [2.75, 3.05) is 13.2 Å². The number of nitrogens with one attached hydrogen (secondary N) is 1. The number of benzene rings is 1. The van der Waals surface area contributed by atoms with Gasteiger partial charge in [0.25, 0.3) is 0 Å². The van der Waals surface area contributed by atoms with E-state index in [2.05, 4.69) is 12.1 Å². The second-order valence-electron chi connectivity index (χ2n) is 3.48. The Bertz CT molecular complexity index is 285. The molecule has 0 amide bonds. The van der Waals surface area contributed by atoms with Gasteiger partial charge in [0.15, 0.2) is 0 Å². The average molecular weight is 206 g/mol. The third kappa shape index (κ3) is 5.86. The van der Waals surface area contributed by atoms with Crippen molar-refractivity contribution in [2.45, 2.75) is 19.3 Å². The first-order valence-corrected chi connectivity index (χ1v) is 5.23. The van der Waals surface area contributed by atoms with Crippen molar-refractivity contribution in [3.8, 4) is 0 Å². The summed E-state index contributed by atoms with van der Waals surface area (Å²) in [6.45, 7) is 1.30. The molecule has 0 aliphatic carbocycles. The highest BCUT2D eigenvalue weighted by atomic mass is 16.5. The van der Waals surface area contributed by atoms with Crippen molar-refractivity contribution in [1.82, 2.24) is 0 Å². The molecule has 0 aromatic heterocycles. The molecule has 3 nitrogen and oxygen atoms in total. The Morgan fingerprint density at radius 2 is 1.93 bits per heavy atom. The minimum atomic E-state index is 0.193. The Balaban J connectivity index is 2.00. The number of hydrogen-bond acceptors (Lipinski definition) is 2. The molecular weight excluding hydrogens is 188 g/mol. The van der Waals surface area contributed by atoms with E-state index in [9.17, 15) is 0 Å². The third-order valence-electron chi connectivity index (χ3n) is 2.11. The standard InChI is InChI=1S/C12H18N2O/c13-12(14)8-10-15-9-4-7-11-5-2-1-3-6-11/h1-3,5-6H,4,7-10H2,(H3,13,14). The van der Waals surface area contributed by atoms with Gasteiger partial charge in [0.05, 0.1) is 12.4 Å². The second kappa shape index (κ2) is 7.01. The van der Waals surface area contributed by atoms with Crippen LogP contribution in [0.4, 0.5) is 0 Å². The first-order chi connectivity index (χ1) is 7.29. The van der Waals surface area contributed by atoms with E-state index in [1.807, 2.05) is 18.2 Å². The predicted molar refractivity (Wildman–Crippen MR) is 62.1 cm³/mol. The van der Waals surface area contributed by atoms with Crippen LogP contribution in [0, 0.1) is 5.41 Å². The molecule has 0 radical (unpaired) electrons. The number of rotatable bonds is 7. The van der Waals surface area contributed by atoms with Crippen LogP contribution < -0.4 is 5.73 Å². The summed E-state index contributed by atoms with van der Waals surface area (Å²) in [7, 11) is 0. The maximum absolute atomic E-state index is 7.01. The smallest absolute Gasteiger partial charge is 0.0928 e. The van der Waals surface area contributed by atoms with Crippen LogP contribution in [0.25, 0.3) is 0 Å². The van der Waals surface area contributed by atoms with Gasteiger partial charge in [-0.15, -0.1) is 0 Å². The molecule has 0 bridgehead atoms. The van der Waals surface area contributed by atoms with Crippen molar-refractivity contribution < 1.29 is 4.74 Å². The topological polar surface area (TPSA) is 59.1 Å². The highest BCUT2D eigenvalue weighted by Gasteiger charge is 1.93. The summed E-state index contributed by atoms with van der Waals surface area (Å²) < 4.78 is 5.35. The van der Waals surface area contributed by atoms with Crippen LogP contribution in [0.5, 0.6) is 0 Å². The van der Waals surface area contributed by atoms with Gasteiger partial charge in [0.2, 0.25) is 0 Å². The summed E-state index contributed by atoms with van der Waals surface area (Å²) in [5.74, 6) is 0.193. The van der Waals surface area contributed by atoms with E-state index in [-0.39, 0.29) is 5.84 Å². The quantitative estimate of drug-likeness (QED) is 0.407. The number of nitrogens with two attached hydrogens (primary N) is 1. The van der Waals surface area contributed by atoms with Crippen LogP contribution in [-0.2, 0) is 11.2 Å². The number of ether oxygens (including phenoxy) is 1. The number of aryl methyl sites for hydroxylation is 1. The molecule has 82 valence electrons. The van der Waals surface area contributed by atoms with Gasteiger partial charge < -0.3 is 10.5 Å². The lowest BCUT2D eigenvalue weighted by Crippen LogP contribution is -2.12. The normalized spacial score (nSPS) is 10.1. The molecular formula is C12H18N2O. The van der Waals surface area contributed by atoms with Crippen molar-refractivity contribution >= 4 is 5.84 Å². The van der Waals surface area contributed by atoms with E-state index < -0.39 is 0 Å². The third-order valence-corrected chi connectivity index (χ3v) is 2.11. The molecule has 15 heavy (non-hydrogen) atoms. The zero-order valence-corrected chi connectivity index (χ0v) is 8.91. The van der Waals surface area contributed by atoms with Gasteiger partial charge in [-0.25, -0.2) is 0 Å².